The van der Waals surface area contributed by atoms with Gasteiger partial charge in [0.2, 0.25) is 5.88 Å². The molecule has 0 bridgehead atoms. The highest BCUT2D eigenvalue weighted by Gasteiger charge is 2.24. The number of aliphatic hydroxyl groups is 1. The van der Waals surface area contributed by atoms with Gasteiger partial charge in [0.25, 0.3) is 5.91 Å². The molecule has 0 radical (unpaired) electrons. The fourth-order valence-corrected chi connectivity index (χ4v) is 4.49. The molecule has 0 fully saturated rings. The minimum atomic E-state index is -1.08. The Bertz CT molecular complexity index is 1420. The zero-order valence-corrected chi connectivity index (χ0v) is 21.3. The van der Waals surface area contributed by atoms with Gasteiger partial charge in [0, 0.05) is 30.6 Å². The quantitative estimate of drug-likeness (QED) is 0.246. The second kappa shape index (κ2) is 12.1. The molecule has 0 spiro atoms. The Balaban J connectivity index is 1.56. The predicted octanol–water partition coefficient (Wildman–Crippen LogP) is 4.58. The lowest BCUT2D eigenvalue weighted by molar-refractivity contribution is 0.0831. The smallest absolute Gasteiger partial charge is 0.252 e. The normalized spacial score (nSPS) is 12.9. The first-order valence-corrected chi connectivity index (χ1v) is 12.5. The van der Waals surface area contributed by atoms with Crippen molar-refractivity contribution in [1.29, 1.82) is 0 Å². The van der Waals surface area contributed by atoms with Gasteiger partial charge >= 0.3 is 0 Å². The Labute approximate surface area is 220 Å². The lowest BCUT2D eigenvalue weighted by atomic mass is 9.99. The molecule has 6 nitrogen and oxygen atoms in total. The third-order valence-corrected chi connectivity index (χ3v) is 6.44. The molecular formula is C30H31F2N3O3. The summed E-state index contributed by atoms with van der Waals surface area (Å²) in [6.07, 6.45) is -0.182. The summed E-state index contributed by atoms with van der Waals surface area (Å²) in [5.74, 6) is -2.34. The highest BCUT2D eigenvalue weighted by atomic mass is 19.1. The molecular weight excluding hydrogens is 488 g/mol. The van der Waals surface area contributed by atoms with E-state index in [-0.39, 0.29) is 24.4 Å². The van der Waals surface area contributed by atoms with Crippen molar-refractivity contribution < 1.29 is 23.8 Å². The fraction of sp³-hybridized carbons (Fsp3) is 0.267. The van der Waals surface area contributed by atoms with Crippen LogP contribution >= 0.6 is 0 Å². The Hall–Kier alpha value is -3.88. The fourth-order valence-electron chi connectivity index (χ4n) is 4.49. The number of carbonyl (C=O) groups excluding carboxylic acids is 1. The molecule has 4 N–H and O–H groups in total. The second-order valence-corrected chi connectivity index (χ2v) is 9.48. The molecule has 0 unspecified atom stereocenters. The van der Waals surface area contributed by atoms with Crippen LogP contribution in [0.25, 0.3) is 10.9 Å². The molecule has 4 rings (SSSR count). The van der Waals surface area contributed by atoms with Gasteiger partial charge in [-0.3, -0.25) is 4.79 Å². The summed E-state index contributed by atoms with van der Waals surface area (Å²) in [5.41, 5.74) is 4.08. The SMILES string of the molecule is CCc1cccc(CNC[C@H](O)[C@@H](Cc2cc(F)cc(F)c2)NC(=O)c2cc(O)nc3ccc(C)cc23)c1. The van der Waals surface area contributed by atoms with Gasteiger partial charge in [-0.2, -0.15) is 0 Å². The monoisotopic (exact) mass is 519 g/mol. The van der Waals surface area contributed by atoms with Crippen LogP contribution in [-0.2, 0) is 19.4 Å². The van der Waals surface area contributed by atoms with Gasteiger partial charge in [0.15, 0.2) is 0 Å². The number of benzene rings is 3. The molecule has 0 saturated carbocycles. The molecule has 0 saturated heterocycles. The summed E-state index contributed by atoms with van der Waals surface area (Å²) in [6, 6.07) is 16.9. The first-order chi connectivity index (χ1) is 18.2. The van der Waals surface area contributed by atoms with E-state index in [1.807, 2.05) is 31.2 Å². The number of halogens is 2. The summed E-state index contributed by atoms with van der Waals surface area (Å²) in [4.78, 5) is 17.5. The summed E-state index contributed by atoms with van der Waals surface area (Å²) in [6.45, 7) is 4.58. The number of pyridine rings is 1. The molecule has 1 amide bonds. The number of aromatic hydroxyl groups is 1. The highest BCUT2D eigenvalue weighted by molar-refractivity contribution is 6.06. The van der Waals surface area contributed by atoms with Crippen molar-refractivity contribution in [1.82, 2.24) is 15.6 Å². The van der Waals surface area contributed by atoms with Crippen LogP contribution in [0.4, 0.5) is 8.78 Å². The molecule has 4 aromatic rings. The third-order valence-electron chi connectivity index (χ3n) is 6.44. The molecule has 38 heavy (non-hydrogen) atoms. The lowest BCUT2D eigenvalue weighted by Gasteiger charge is -2.25. The molecule has 1 aromatic heterocycles. The van der Waals surface area contributed by atoms with Gasteiger partial charge in [-0.05, 0) is 60.7 Å². The van der Waals surface area contributed by atoms with Crippen LogP contribution in [0.3, 0.4) is 0 Å². The van der Waals surface area contributed by atoms with Crippen molar-refractivity contribution in [3.05, 3.63) is 106 Å². The van der Waals surface area contributed by atoms with Crippen molar-refractivity contribution in [2.45, 2.75) is 45.4 Å². The number of rotatable bonds is 10. The van der Waals surface area contributed by atoms with Gasteiger partial charge in [0.1, 0.15) is 11.6 Å². The summed E-state index contributed by atoms with van der Waals surface area (Å²) < 4.78 is 27.8. The number of amides is 1. The van der Waals surface area contributed by atoms with Crippen LogP contribution in [-0.4, -0.2) is 39.8 Å². The van der Waals surface area contributed by atoms with Crippen molar-refractivity contribution in [2.24, 2.45) is 0 Å². The van der Waals surface area contributed by atoms with E-state index in [4.69, 9.17) is 0 Å². The number of aryl methyl sites for hydroxylation is 2. The van der Waals surface area contributed by atoms with E-state index in [1.54, 1.807) is 12.1 Å². The van der Waals surface area contributed by atoms with Crippen LogP contribution in [0.15, 0.2) is 66.7 Å². The minimum Gasteiger partial charge on any atom is -0.493 e. The van der Waals surface area contributed by atoms with Crippen LogP contribution in [0.5, 0.6) is 5.88 Å². The minimum absolute atomic E-state index is 0.0113. The maximum atomic E-state index is 13.9. The van der Waals surface area contributed by atoms with E-state index in [9.17, 15) is 23.8 Å². The van der Waals surface area contributed by atoms with Gasteiger partial charge in [0.05, 0.1) is 23.2 Å². The zero-order chi connectivity index (χ0) is 27.2. The summed E-state index contributed by atoms with van der Waals surface area (Å²) in [5, 5.41) is 27.7. The number of hydrogen-bond donors (Lipinski definition) is 4. The second-order valence-electron chi connectivity index (χ2n) is 9.48. The average molecular weight is 520 g/mol. The first kappa shape index (κ1) is 27.2. The van der Waals surface area contributed by atoms with Crippen LogP contribution in [0.1, 0.15) is 39.5 Å². The van der Waals surface area contributed by atoms with Crippen molar-refractivity contribution in [3.63, 3.8) is 0 Å². The first-order valence-electron chi connectivity index (χ1n) is 12.5. The van der Waals surface area contributed by atoms with E-state index >= 15 is 0 Å². The topological polar surface area (TPSA) is 94.5 Å². The molecule has 0 aliphatic rings. The Morgan fingerprint density at radius 2 is 1.71 bits per heavy atom. The summed E-state index contributed by atoms with van der Waals surface area (Å²) in [7, 11) is 0. The van der Waals surface area contributed by atoms with Crippen LogP contribution < -0.4 is 10.6 Å². The molecule has 198 valence electrons. The zero-order valence-electron chi connectivity index (χ0n) is 21.3. The lowest BCUT2D eigenvalue weighted by Crippen LogP contribution is -2.48. The summed E-state index contributed by atoms with van der Waals surface area (Å²) >= 11 is 0. The number of carbonyl (C=O) groups is 1. The maximum absolute atomic E-state index is 13.9. The number of aromatic nitrogens is 1. The largest absolute Gasteiger partial charge is 0.493 e. The van der Waals surface area contributed by atoms with Crippen LogP contribution in [0, 0.1) is 18.6 Å². The van der Waals surface area contributed by atoms with E-state index in [2.05, 4.69) is 28.6 Å². The van der Waals surface area contributed by atoms with E-state index in [1.165, 1.54) is 23.8 Å². The number of fused-ring (bicyclic) bond motifs is 1. The van der Waals surface area contributed by atoms with Gasteiger partial charge in [-0.25, -0.2) is 13.8 Å². The number of hydrogen-bond acceptors (Lipinski definition) is 5. The van der Waals surface area contributed by atoms with Gasteiger partial charge in [-0.1, -0.05) is 42.8 Å². The Kier molecular flexibility index (Phi) is 8.66. The molecule has 0 aliphatic carbocycles. The van der Waals surface area contributed by atoms with Gasteiger partial charge in [-0.15, -0.1) is 0 Å². The third kappa shape index (κ3) is 6.90. The number of nitrogens with zero attached hydrogens (tertiary/aromatic N) is 1. The van der Waals surface area contributed by atoms with E-state index in [0.717, 1.165) is 23.6 Å². The van der Waals surface area contributed by atoms with Crippen molar-refractivity contribution >= 4 is 16.8 Å². The average Bonchev–Trinajstić information content (AvgIpc) is 2.87. The van der Waals surface area contributed by atoms with E-state index in [0.29, 0.717) is 23.0 Å². The number of aliphatic hydroxyl groups excluding tert-OH is 1. The predicted molar refractivity (Wildman–Crippen MR) is 143 cm³/mol. The van der Waals surface area contributed by atoms with Crippen molar-refractivity contribution in [3.8, 4) is 5.88 Å². The van der Waals surface area contributed by atoms with Crippen LogP contribution in [0.2, 0.25) is 0 Å². The number of nitrogens with one attached hydrogen (secondary N) is 2. The molecule has 0 aliphatic heterocycles. The highest BCUT2D eigenvalue weighted by Crippen LogP contribution is 2.23. The van der Waals surface area contributed by atoms with Crippen molar-refractivity contribution in [2.75, 3.05) is 6.54 Å². The Morgan fingerprint density at radius 3 is 2.45 bits per heavy atom. The maximum Gasteiger partial charge on any atom is 0.252 e. The molecule has 8 heteroatoms. The molecule has 1 heterocycles. The van der Waals surface area contributed by atoms with Gasteiger partial charge < -0.3 is 20.8 Å². The molecule has 3 aromatic carbocycles. The van der Waals surface area contributed by atoms with E-state index < -0.39 is 29.7 Å². The molecule has 2 atom stereocenters. The standard InChI is InChI=1S/C30H31F2N3O3/c1-3-19-5-4-6-20(10-19)16-33-17-28(36)27(13-21-11-22(31)14-23(32)12-21)35-30(38)25-15-29(37)34-26-8-7-18(2)9-24(25)26/h4-12,14-15,27-28,33,36H,3,13,16-17H2,1-2H3,(H,34,37)(H,35,38)/t27-,28+/m1/s1. The Morgan fingerprint density at radius 1 is 0.974 bits per heavy atom.